The number of benzene rings is 1. The van der Waals surface area contributed by atoms with Crippen molar-refractivity contribution < 1.29 is 13.9 Å². The summed E-state index contributed by atoms with van der Waals surface area (Å²) in [5.41, 5.74) is 0.699. The SMILES string of the molecule is CC(C)(C)c1nnc(N2Cc3ccccc3OC3(CCOCC3)C2)o1. The minimum Gasteiger partial charge on any atom is -0.485 e. The van der Waals surface area contributed by atoms with E-state index in [0.717, 1.165) is 30.7 Å². The molecular formula is C19H25N3O3. The van der Waals surface area contributed by atoms with Gasteiger partial charge in [-0.1, -0.05) is 44.1 Å². The highest BCUT2D eigenvalue weighted by Gasteiger charge is 2.41. The van der Waals surface area contributed by atoms with Crippen LogP contribution in [-0.2, 0) is 16.7 Å². The predicted octanol–water partition coefficient (Wildman–Crippen LogP) is 3.32. The molecule has 0 aliphatic carbocycles. The standard InChI is InChI=1S/C19H25N3O3/c1-18(2,3)16-20-21-17(24-16)22-12-14-6-4-5-7-15(14)25-19(13-22)8-10-23-11-9-19/h4-7H,8-13H2,1-3H3. The molecule has 25 heavy (non-hydrogen) atoms. The van der Waals surface area contributed by atoms with Gasteiger partial charge in [0.05, 0.1) is 26.3 Å². The number of ether oxygens (including phenoxy) is 2. The maximum Gasteiger partial charge on any atom is 0.318 e. The van der Waals surface area contributed by atoms with Crippen LogP contribution in [0.5, 0.6) is 5.75 Å². The number of hydrogen-bond donors (Lipinski definition) is 0. The lowest BCUT2D eigenvalue weighted by Gasteiger charge is -2.38. The van der Waals surface area contributed by atoms with Crippen molar-refractivity contribution in [1.29, 1.82) is 0 Å². The lowest BCUT2D eigenvalue weighted by Crippen LogP contribution is -2.49. The second-order valence-corrected chi connectivity index (χ2v) is 8.00. The smallest absolute Gasteiger partial charge is 0.318 e. The first-order valence-electron chi connectivity index (χ1n) is 8.89. The van der Waals surface area contributed by atoms with E-state index in [-0.39, 0.29) is 11.0 Å². The Hall–Kier alpha value is -2.08. The molecule has 134 valence electrons. The van der Waals surface area contributed by atoms with Crippen LogP contribution in [0.25, 0.3) is 0 Å². The predicted molar refractivity (Wildman–Crippen MR) is 93.9 cm³/mol. The van der Waals surface area contributed by atoms with Crippen LogP contribution in [0.15, 0.2) is 28.7 Å². The molecule has 2 aliphatic heterocycles. The topological polar surface area (TPSA) is 60.6 Å². The zero-order valence-electron chi connectivity index (χ0n) is 15.1. The Morgan fingerprint density at radius 1 is 1.08 bits per heavy atom. The van der Waals surface area contributed by atoms with Gasteiger partial charge in [-0.25, -0.2) is 0 Å². The maximum absolute atomic E-state index is 6.50. The van der Waals surface area contributed by atoms with E-state index in [9.17, 15) is 0 Å². The summed E-state index contributed by atoms with van der Waals surface area (Å²) >= 11 is 0. The van der Waals surface area contributed by atoms with Crippen LogP contribution >= 0.6 is 0 Å². The molecule has 1 aromatic heterocycles. The van der Waals surface area contributed by atoms with Crippen molar-refractivity contribution >= 4 is 6.01 Å². The summed E-state index contributed by atoms with van der Waals surface area (Å²) in [7, 11) is 0. The van der Waals surface area contributed by atoms with E-state index in [2.05, 4.69) is 41.9 Å². The number of para-hydroxylation sites is 1. The molecule has 0 radical (unpaired) electrons. The highest BCUT2D eigenvalue weighted by molar-refractivity contribution is 5.41. The van der Waals surface area contributed by atoms with Crippen molar-refractivity contribution in [3.8, 4) is 5.75 Å². The molecule has 1 fully saturated rings. The van der Waals surface area contributed by atoms with Crippen LogP contribution < -0.4 is 9.64 Å². The van der Waals surface area contributed by atoms with Crippen LogP contribution in [0.4, 0.5) is 6.01 Å². The highest BCUT2D eigenvalue weighted by Crippen LogP contribution is 2.37. The van der Waals surface area contributed by atoms with E-state index in [1.807, 2.05) is 18.2 Å². The summed E-state index contributed by atoms with van der Waals surface area (Å²) in [6.45, 7) is 9.07. The molecule has 0 unspecified atom stereocenters. The van der Waals surface area contributed by atoms with Gasteiger partial charge < -0.3 is 18.8 Å². The number of nitrogens with zero attached hydrogens (tertiary/aromatic N) is 3. The Bertz CT molecular complexity index is 744. The Kier molecular flexibility index (Phi) is 3.95. The van der Waals surface area contributed by atoms with Crippen LogP contribution in [0.3, 0.4) is 0 Å². The molecule has 6 heteroatoms. The summed E-state index contributed by atoms with van der Waals surface area (Å²) < 4.78 is 18.1. The monoisotopic (exact) mass is 343 g/mol. The van der Waals surface area contributed by atoms with Crippen molar-refractivity contribution in [2.75, 3.05) is 24.7 Å². The van der Waals surface area contributed by atoms with E-state index >= 15 is 0 Å². The number of hydrogen-bond acceptors (Lipinski definition) is 6. The molecule has 0 saturated carbocycles. The van der Waals surface area contributed by atoms with E-state index < -0.39 is 0 Å². The number of aromatic nitrogens is 2. The van der Waals surface area contributed by atoms with Crippen molar-refractivity contribution in [2.24, 2.45) is 0 Å². The van der Waals surface area contributed by atoms with Crippen molar-refractivity contribution in [2.45, 2.75) is 51.2 Å². The molecule has 4 rings (SSSR count). The van der Waals surface area contributed by atoms with Gasteiger partial charge in [0.2, 0.25) is 5.89 Å². The summed E-state index contributed by atoms with van der Waals surface area (Å²) in [4.78, 5) is 2.15. The summed E-state index contributed by atoms with van der Waals surface area (Å²) in [6.07, 6.45) is 1.72. The molecule has 0 N–H and O–H groups in total. The Morgan fingerprint density at radius 3 is 2.56 bits per heavy atom. The summed E-state index contributed by atoms with van der Waals surface area (Å²) in [6, 6.07) is 8.77. The highest BCUT2D eigenvalue weighted by atomic mass is 16.5. The molecule has 3 heterocycles. The van der Waals surface area contributed by atoms with Crippen LogP contribution in [0, 0.1) is 0 Å². The Balaban J connectivity index is 1.70. The third-order valence-corrected chi connectivity index (χ3v) is 4.87. The maximum atomic E-state index is 6.50. The second-order valence-electron chi connectivity index (χ2n) is 8.00. The molecule has 0 atom stereocenters. The first-order chi connectivity index (χ1) is 12.0. The van der Waals surface area contributed by atoms with Gasteiger partial charge in [-0.15, -0.1) is 5.10 Å². The third kappa shape index (κ3) is 3.23. The van der Waals surface area contributed by atoms with Crippen molar-refractivity contribution in [3.05, 3.63) is 35.7 Å². The van der Waals surface area contributed by atoms with Crippen LogP contribution in [0.2, 0.25) is 0 Å². The van der Waals surface area contributed by atoms with Gasteiger partial charge in [0.1, 0.15) is 11.4 Å². The van der Waals surface area contributed by atoms with Gasteiger partial charge in [-0.05, 0) is 6.07 Å². The first kappa shape index (κ1) is 16.4. The van der Waals surface area contributed by atoms with Crippen molar-refractivity contribution in [3.63, 3.8) is 0 Å². The van der Waals surface area contributed by atoms with Gasteiger partial charge in [0.15, 0.2) is 0 Å². The molecule has 1 spiro atoms. The first-order valence-corrected chi connectivity index (χ1v) is 8.89. The van der Waals surface area contributed by atoms with Gasteiger partial charge in [0.25, 0.3) is 0 Å². The molecular weight excluding hydrogens is 318 g/mol. The van der Waals surface area contributed by atoms with E-state index in [1.165, 1.54) is 0 Å². The zero-order chi connectivity index (χ0) is 17.5. The third-order valence-electron chi connectivity index (χ3n) is 4.87. The number of anilines is 1. The normalized spacial score (nSPS) is 20.0. The van der Waals surface area contributed by atoms with Gasteiger partial charge in [-0.2, -0.15) is 0 Å². The molecule has 6 nitrogen and oxygen atoms in total. The van der Waals surface area contributed by atoms with Crippen molar-refractivity contribution in [1.82, 2.24) is 10.2 Å². The Morgan fingerprint density at radius 2 is 1.84 bits per heavy atom. The lowest BCUT2D eigenvalue weighted by molar-refractivity contribution is -0.0394. The van der Waals surface area contributed by atoms with Crippen LogP contribution in [0.1, 0.15) is 45.1 Å². The van der Waals surface area contributed by atoms with E-state index in [0.29, 0.717) is 31.7 Å². The molecule has 1 aromatic carbocycles. The number of rotatable bonds is 1. The molecule has 0 bridgehead atoms. The zero-order valence-corrected chi connectivity index (χ0v) is 15.1. The summed E-state index contributed by atoms with van der Waals surface area (Å²) in [5.74, 6) is 1.60. The van der Waals surface area contributed by atoms with Crippen LogP contribution in [-0.4, -0.2) is 35.6 Å². The van der Waals surface area contributed by atoms with E-state index in [4.69, 9.17) is 13.9 Å². The quantitative estimate of drug-likeness (QED) is 0.792. The average Bonchev–Trinajstić information content (AvgIpc) is 3.02. The minimum absolute atomic E-state index is 0.165. The van der Waals surface area contributed by atoms with E-state index in [1.54, 1.807) is 0 Å². The van der Waals surface area contributed by atoms with Gasteiger partial charge in [0, 0.05) is 23.8 Å². The fraction of sp³-hybridized carbons (Fsp3) is 0.579. The molecule has 2 aliphatic rings. The minimum atomic E-state index is -0.277. The molecule has 2 aromatic rings. The fourth-order valence-corrected chi connectivity index (χ4v) is 3.39. The summed E-state index contributed by atoms with van der Waals surface area (Å²) in [5, 5.41) is 8.58. The average molecular weight is 343 g/mol. The number of fused-ring (bicyclic) bond motifs is 1. The molecule has 0 amide bonds. The Labute approximate surface area is 148 Å². The lowest BCUT2D eigenvalue weighted by atomic mass is 9.93. The van der Waals surface area contributed by atoms with Gasteiger partial charge in [-0.3, -0.25) is 0 Å². The second kappa shape index (κ2) is 6.02. The molecule has 1 saturated heterocycles. The largest absolute Gasteiger partial charge is 0.485 e. The van der Waals surface area contributed by atoms with Gasteiger partial charge >= 0.3 is 6.01 Å². The fourth-order valence-electron chi connectivity index (χ4n) is 3.39.